The van der Waals surface area contributed by atoms with Crippen molar-refractivity contribution in [3.8, 4) is 11.3 Å². The van der Waals surface area contributed by atoms with Crippen molar-refractivity contribution < 1.29 is 14.3 Å². The molecule has 0 unspecified atom stereocenters. The molecule has 1 aromatic heterocycles. The van der Waals surface area contributed by atoms with Gasteiger partial charge in [0.25, 0.3) is 0 Å². The summed E-state index contributed by atoms with van der Waals surface area (Å²) in [4.78, 5) is 10.6. The normalized spacial score (nSPS) is 10.4. The molecule has 0 fully saturated rings. The summed E-state index contributed by atoms with van der Waals surface area (Å²) in [6.45, 7) is 0. The lowest BCUT2D eigenvalue weighted by Crippen LogP contribution is -1.95. The fourth-order valence-corrected chi connectivity index (χ4v) is 1.56. The Kier molecular flexibility index (Phi) is 2.62. The van der Waals surface area contributed by atoms with Gasteiger partial charge in [0, 0.05) is 0 Å². The highest BCUT2D eigenvalue weighted by atomic mass is 35.5. The van der Waals surface area contributed by atoms with Crippen molar-refractivity contribution in [3.05, 3.63) is 40.8 Å². The number of nitrogens with zero attached hydrogens (tertiary/aromatic N) is 1. The second-order valence-corrected chi connectivity index (χ2v) is 3.48. The van der Waals surface area contributed by atoms with Crippen molar-refractivity contribution in [2.24, 2.45) is 0 Å². The molecule has 2 aromatic rings. The lowest BCUT2D eigenvalue weighted by atomic mass is 10.1. The van der Waals surface area contributed by atoms with Crippen molar-refractivity contribution in [2.45, 2.75) is 0 Å². The van der Waals surface area contributed by atoms with Crippen LogP contribution in [0, 0.1) is 5.82 Å². The smallest absolute Gasteiger partial charge is 0.353 e. The number of hydrogen-bond donors (Lipinski definition) is 2. The van der Waals surface area contributed by atoms with Gasteiger partial charge in [-0.05, 0) is 18.2 Å². The van der Waals surface area contributed by atoms with Crippen LogP contribution in [0.15, 0.2) is 24.3 Å². The molecule has 6 heteroatoms. The molecular formula is C10H6ClFN2O2. The molecule has 1 heterocycles. The Balaban J connectivity index is 2.54. The number of carboxylic acids is 1. The van der Waals surface area contributed by atoms with Crippen LogP contribution in [0.3, 0.4) is 0 Å². The van der Waals surface area contributed by atoms with Crippen molar-refractivity contribution in [3.63, 3.8) is 0 Å². The van der Waals surface area contributed by atoms with E-state index in [1.165, 1.54) is 24.3 Å². The first-order valence-electron chi connectivity index (χ1n) is 4.32. The van der Waals surface area contributed by atoms with Crippen LogP contribution in [0.1, 0.15) is 10.5 Å². The number of carbonyl (C=O) groups is 1. The summed E-state index contributed by atoms with van der Waals surface area (Å²) < 4.78 is 13.5. The van der Waals surface area contributed by atoms with E-state index in [-0.39, 0.29) is 22.0 Å². The zero-order valence-corrected chi connectivity index (χ0v) is 8.62. The van der Waals surface area contributed by atoms with Crippen LogP contribution in [0.5, 0.6) is 0 Å². The molecule has 0 aliphatic heterocycles. The number of halogens is 2. The summed E-state index contributed by atoms with van der Waals surface area (Å²) >= 11 is 5.81. The third kappa shape index (κ3) is 1.77. The van der Waals surface area contributed by atoms with E-state index in [0.29, 0.717) is 0 Å². The lowest BCUT2D eigenvalue weighted by Gasteiger charge is -2.00. The van der Waals surface area contributed by atoms with Crippen LogP contribution in [0.25, 0.3) is 11.3 Å². The second-order valence-electron chi connectivity index (χ2n) is 3.07. The van der Waals surface area contributed by atoms with Gasteiger partial charge >= 0.3 is 5.97 Å². The van der Waals surface area contributed by atoms with E-state index in [0.717, 1.165) is 0 Å². The van der Waals surface area contributed by atoms with Crippen LogP contribution in [0.2, 0.25) is 5.02 Å². The Hall–Kier alpha value is -1.88. The monoisotopic (exact) mass is 240 g/mol. The molecule has 0 saturated carbocycles. The second kappa shape index (κ2) is 3.94. The Labute approximate surface area is 94.7 Å². The predicted octanol–water partition coefficient (Wildman–Crippen LogP) is 2.57. The molecule has 0 spiro atoms. The highest BCUT2D eigenvalue weighted by Crippen LogP contribution is 2.29. The lowest BCUT2D eigenvalue weighted by molar-refractivity contribution is 0.0690. The summed E-state index contributed by atoms with van der Waals surface area (Å²) in [5, 5.41) is 14.9. The van der Waals surface area contributed by atoms with Gasteiger partial charge in [-0.25, -0.2) is 9.18 Å². The van der Waals surface area contributed by atoms with Crippen molar-refractivity contribution in [2.75, 3.05) is 0 Å². The van der Waals surface area contributed by atoms with Gasteiger partial charge in [0.1, 0.15) is 11.5 Å². The summed E-state index contributed by atoms with van der Waals surface area (Å²) in [6, 6.07) is 5.43. The number of aromatic carboxylic acids is 1. The number of H-pyrrole nitrogens is 1. The van der Waals surface area contributed by atoms with Crippen molar-refractivity contribution >= 4 is 17.6 Å². The van der Waals surface area contributed by atoms with Crippen LogP contribution in [0.4, 0.5) is 4.39 Å². The molecule has 0 radical (unpaired) electrons. The van der Waals surface area contributed by atoms with Crippen LogP contribution in [-0.4, -0.2) is 21.3 Å². The molecule has 0 bridgehead atoms. The molecule has 2 N–H and O–H groups in total. The molecule has 0 aliphatic carbocycles. The number of carboxylic acid groups (broad SMARTS) is 1. The number of benzene rings is 1. The number of nitrogens with one attached hydrogen (secondary N) is 1. The Morgan fingerprint density at radius 3 is 2.81 bits per heavy atom. The average Bonchev–Trinajstić information content (AvgIpc) is 2.66. The molecule has 1 aromatic carbocycles. The quantitative estimate of drug-likeness (QED) is 0.848. The third-order valence-corrected chi connectivity index (χ3v) is 2.34. The third-order valence-electron chi connectivity index (χ3n) is 2.03. The summed E-state index contributed by atoms with van der Waals surface area (Å²) in [5.41, 5.74) is 0.141. The Morgan fingerprint density at radius 1 is 1.50 bits per heavy atom. The maximum Gasteiger partial charge on any atom is 0.353 e. The molecule has 0 atom stereocenters. The van der Waals surface area contributed by atoms with E-state index >= 15 is 0 Å². The first-order valence-corrected chi connectivity index (χ1v) is 4.70. The van der Waals surface area contributed by atoms with Gasteiger partial charge in [-0.3, -0.25) is 5.10 Å². The SMILES string of the molecule is O=C(O)c1cc(-c2c(F)cccc2Cl)n[nH]1. The zero-order chi connectivity index (χ0) is 11.7. The standard InChI is InChI=1S/C10H6ClFN2O2/c11-5-2-1-3-6(12)9(5)7-4-8(10(15)16)14-13-7/h1-4H,(H,13,14)(H,15,16). The Morgan fingerprint density at radius 2 is 2.25 bits per heavy atom. The van der Waals surface area contributed by atoms with E-state index in [4.69, 9.17) is 16.7 Å². The molecule has 0 aliphatic rings. The van der Waals surface area contributed by atoms with Crippen LogP contribution in [-0.2, 0) is 0 Å². The minimum absolute atomic E-state index is 0.0907. The topological polar surface area (TPSA) is 66.0 Å². The van der Waals surface area contributed by atoms with Gasteiger partial charge in [-0.2, -0.15) is 5.10 Å². The van der Waals surface area contributed by atoms with E-state index in [2.05, 4.69) is 10.2 Å². The highest BCUT2D eigenvalue weighted by molar-refractivity contribution is 6.33. The van der Waals surface area contributed by atoms with Gasteiger partial charge in [-0.1, -0.05) is 17.7 Å². The number of aromatic nitrogens is 2. The van der Waals surface area contributed by atoms with Crippen molar-refractivity contribution in [1.82, 2.24) is 10.2 Å². The van der Waals surface area contributed by atoms with Crippen LogP contribution < -0.4 is 0 Å². The molecule has 0 saturated heterocycles. The minimum atomic E-state index is -1.16. The van der Waals surface area contributed by atoms with E-state index in [1.807, 2.05) is 0 Å². The average molecular weight is 241 g/mol. The maximum absolute atomic E-state index is 13.5. The first-order chi connectivity index (χ1) is 7.59. The van der Waals surface area contributed by atoms with Gasteiger partial charge in [0.2, 0.25) is 0 Å². The van der Waals surface area contributed by atoms with Gasteiger partial charge < -0.3 is 5.11 Å². The maximum atomic E-state index is 13.5. The number of hydrogen-bond acceptors (Lipinski definition) is 2. The molecular weight excluding hydrogens is 235 g/mol. The fourth-order valence-electron chi connectivity index (χ4n) is 1.30. The van der Waals surface area contributed by atoms with Crippen molar-refractivity contribution in [1.29, 1.82) is 0 Å². The first kappa shape index (κ1) is 10.6. The van der Waals surface area contributed by atoms with Crippen LogP contribution >= 0.6 is 11.6 Å². The number of rotatable bonds is 2. The van der Waals surface area contributed by atoms with E-state index in [1.54, 1.807) is 0 Å². The van der Waals surface area contributed by atoms with E-state index in [9.17, 15) is 9.18 Å². The molecule has 4 nitrogen and oxygen atoms in total. The predicted molar refractivity (Wildman–Crippen MR) is 56.0 cm³/mol. The minimum Gasteiger partial charge on any atom is -0.477 e. The van der Waals surface area contributed by atoms with Gasteiger partial charge in [0.05, 0.1) is 16.3 Å². The summed E-state index contributed by atoms with van der Waals surface area (Å²) in [7, 11) is 0. The van der Waals surface area contributed by atoms with E-state index < -0.39 is 11.8 Å². The largest absolute Gasteiger partial charge is 0.477 e. The van der Waals surface area contributed by atoms with Gasteiger partial charge in [-0.15, -0.1) is 0 Å². The zero-order valence-electron chi connectivity index (χ0n) is 7.87. The molecule has 0 amide bonds. The molecule has 82 valence electrons. The fraction of sp³-hybridized carbons (Fsp3) is 0. The number of aromatic amines is 1. The molecule has 16 heavy (non-hydrogen) atoms. The summed E-state index contributed by atoms with van der Waals surface area (Å²) in [6.07, 6.45) is 0. The van der Waals surface area contributed by atoms with Gasteiger partial charge in [0.15, 0.2) is 0 Å². The summed E-state index contributed by atoms with van der Waals surface area (Å²) in [5.74, 6) is -1.71. The Bertz CT molecular complexity index is 533. The highest BCUT2D eigenvalue weighted by Gasteiger charge is 2.15. The molecule has 2 rings (SSSR count).